The average Bonchev–Trinajstić information content (AvgIpc) is 2.40. The molecule has 2 rings (SSSR count). The molecule has 0 saturated carbocycles. The highest BCUT2D eigenvalue weighted by Gasteiger charge is 2.10. The standard InChI is InChI=1S/C16H16BrFOS/c1-11-3-2-4-15(7-11)20-10-14(19)8-12-5-6-13(17)9-16(12)18/h2-7,9,14,19H,8,10H2,1H3. The van der Waals surface area contributed by atoms with Crippen molar-refractivity contribution in [2.45, 2.75) is 24.3 Å². The lowest BCUT2D eigenvalue weighted by Crippen LogP contribution is -2.14. The summed E-state index contributed by atoms with van der Waals surface area (Å²) in [6.07, 6.45) is -0.228. The van der Waals surface area contributed by atoms with Crippen LogP contribution in [0.4, 0.5) is 4.39 Å². The van der Waals surface area contributed by atoms with E-state index in [9.17, 15) is 9.50 Å². The van der Waals surface area contributed by atoms with Gasteiger partial charge < -0.3 is 5.11 Å². The lowest BCUT2D eigenvalue weighted by atomic mass is 10.1. The van der Waals surface area contributed by atoms with Crippen LogP contribution in [0.3, 0.4) is 0 Å². The van der Waals surface area contributed by atoms with Crippen LogP contribution in [0.15, 0.2) is 51.8 Å². The molecule has 0 aliphatic heterocycles. The van der Waals surface area contributed by atoms with Crippen molar-refractivity contribution < 1.29 is 9.50 Å². The summed E-state index contributed by atoms with van der Waals surface area (Å²) in [6.45, 7) is 2.04. The molecule has 0 bridgehead atoms. The molecule has 0 radical (unpaired) electrons. The van der Waals surface area contributed by atoms with Crippen LogP contribution in [-0.4, -0.2) is 17.0 Å². The third-order valence-electron chi connectivity index (χ3n) is 2.90. The van der Waals surface area contributed by atoms with Gasteiger partial charge in [-0.15, -0.1) is 11.8 Å². The Labute approximate surface area is 131 Å². The average molecular weight is 355 g/mol. The zero-order valence-corrected chi connectivity index (χ0v) is 13.5. The smallest absolute Gasteiger partial charge is 0.127 e. The van der Waals surface area contributed by atoms with Crippen LogP contribution in [0, 0.1) is 12.7 Å². The first-order valence-electron chi connectivity index (χ1n) is 6.36. The van der Waals surface area contributed by atoms with Gasteiger partial charge in [-0.1, -0.05) is 39.7 Å². The number of benzene rings is 2. The maximum atomic E-state index is 13.7. The Bertz CT molecular complexity index is 588. The second-order valence-corrected chi connectivity index (χ2v) is 6.73. The van der Waals surface area contributed by atoms with Gasteiger partial charge in [-0.05, 0) is 36.8 Å². The van der Waals surface area contributed by atoms with Crippen LogP contribution >= 0.6 is 27.7 Å². The van der Waals surface area contributed by atoms with E-state index >= 15 is 0 Å². The summed E-state index contributed by atoms with van der Waals surface area (Å²) in [5.74, 6) is 0.276. The molecule has 0 saturated heterocycles. The third kappa shape index (κ3) is 4.62. The van der Waals surface area contributed by atoms with Crippen molar-refractivity contribution >= 4 is 27.7 Å². The summed E-state index contributed by atoms with van der Waals surface area (Å²) in [5, 5.41) is 10.0. The first-order valence-corrected chi connectivity index (χ1v) is 8.14. The fraction of sp³-hybridized carbons (Fsp3) is 0.250. The number of thioether (sulfide) groups is 1. The lowest BCUT2D eigenvalue weighted by Gasteiger charge is -2.11. The quantitative estimate of drug-likeness (QED) is 0.792. The molecular weight excluding hydrogens is 339 g/mol. The van der Waals surface area contributed by atoms with Gasteiger partial charge in [0, 0.05) is 21.5 Å². The van der Waals surface area contributed by atoms with Gasteiger partial charge in [0.05, 0.1) is 6.10 Å². The number of hydrogen-bond donors (Lipinski definition) is 1. The number of hydrogen-bond acceptors (Lipinski definition) is 2. The maximum Gasteiger partial charge on any atom is 0.127 e. The van der Waals surface area contributed by atoms with Gasteiger partial charge in [0.15, 0.2) is 0 Å². The maximum absolute atomic E-state index is 13.7. The molecule has 4 heteroatoms. The van der Waals surface area contributed by atoms with E-state index in [1.54, 1.807) is 23.9 Å². The SMILES string of the molecule is Cc1cccc(SCC(O)Cc2ccc(Br)cc2F)c1. The predicted molar refractivity (Wildman–Crippen MR) is 85.7 cm³/mol. The van der Waals surface area contributed by atoms with Crippen LogP contribution in [-0.2, 0) is 6.42 Å². The van der Waals surface area contributed by atoms with Gasteiger partial charge in [-0.2, -0.15) is 0 Å². The van der Waals surface area contributed by atoms with E-state index in [4.69, 9.17) is 0 Å². The first kappa shape index (κ1) is 15.5. The molecule has 0 aromatic heterocycles. The van der Waals surface area contributed by atoms with E-state index in [0.29, 0.717) is 22.2 Å². The molecule has 0 amide bonds. The highest BCUT2D eigenvalue weighted by Crippen LogP contribution is 2.22. The van der Waals surface area contributed by atoms with E-state index in [1.165, 1.54) is 11.6 Å². The molecule has 0 spiro atoms. The zero-order chi connectivity index (χ0) is 14.5. The molecule has 1 N–H and O–H groups in total. The second kappa shape index (κ2) is 7.25. The van der Waals surface area contributed by atoms with Gasteiger partial charge in [0.25, 0.3) is 0 Å². The molecule has 0 aliphatic rings. The van der Waals surface area contributed by atoms with Gasteiger partial charge in [-0.25, -0.2) is 4.39 Å². The molecular formula is C16H16BrFOS. The largest absolute Gasteiger partial charge is 0.392 e. The van der Waals surface area contributed by atoms with Crippen molar-refractivity contribution in [3.63, 3.8) is 0 Å². The summed E-state index contributed by atoms with van der Waals surface area (Å²) in [6, 6.07) is 13.1. The van der Waals surface area contributed by atoms with E-state index in [-0.39, 0.29) is 5.82 Å². The van der Waals surface area contributed by atoms with Crippen molar-refractivity contribution in [1.82, 2.24) is 0 Å². The number of halogens is 2. The van der Waals surface area contributed by atoms with Crippen molar-refractivity contribution in [3.05, 3.63) is 63.9 Å². The zero-order valence-electron chi connectivity index (χ0n) is 11.1. The third-order valence-corrected chi connectivity index (χ3v) is 4.53. The molecule has 1 unspecified atom stereocenters. The molecule has 0 fully saturated rings. The first-order chi connectivity index (χ1) is 9.54. The molecule has 1 nitrogen and oxygen atoms in total. The van der Waals surface area contributed by atoms with E-state index in [2.05, 4.69) is 22.0 Å². The van der Waals surface area contributed by atoms with Crippen molar-refractivity contribution in [1.29, 1.82) is 0 Å². The highest BCUT2D eigenvalue weighted by atomic mass is 79.9. The summed E-state index contributed by atoms with van der Waals surface area (Å²) in [5.41, 5.74) is 1.74. The number of aryl methyl sites for hydroxylation is 1. The Morgan fingerprint density at radius 3 is 2.75 bits per heavy atom. The molecule has 20 heavy (non-hydrogen) atoms. The molecule has 1 atom stereocenters. The van der Waals surface area contributed by atoms with Crippen LogP contribution in [0.25, 0.3) is 0 Å². The van der Waals surface area contributed by atoms with Crippen molar-refractivity contribution in [3.8, 4) is 0 Å². The summed E-state index contributed by atoms with van der Waals surface area (Å²) < 4.78 is 14.4. The number of aliphatic hydroxyl groups excluding tert-OH is 1. The minimum Gasteiger partial charge on any atom is -0.392 e. The monoisotopic (exact) mass is 354 g/mol. The normalized spacial score (nSPS) is 12.4. The Hall–Kier alpha value is -0.840. The van der Waals surface area contributed by atoms with Gasteiger partial charge in [-0.3, -0.25) is 0 Å². The Balaban J connectivity index is 1.90. The minimum absolute atomic E-state index is 0.279. The van der Waals surface area contributed by atoms with Crippen molar-refractivity contribution in [2.24, 2.45) is 0 Å². The van der Waals surface area contributed by atoms with Gasteiger partial charge in [0.1, 0.15) is 5.82 Å². The van der Waals surface area contributed by atoms with Crippen LogP contribution in [0.2, 0.25) is 0 Å². The van der Waals surface area contributed by atoms with E-state index in [0.717, 1.165) is 4.90 Å². The summed E-state index contributed by atoms with van der Waals surface area (Å²) in [4.78, 5) is 1.13. The van der Waals surface area contributed by atoms with Gasteiger partial charge in [0.2, 0.25) is 0 Å². The van der Waals surface area contributed by atoms with Gasteiger partial charge >= 0.3 is 0 Å². The van der Waals surface area contributed by atoms with Crippen LogP contribution in [0.5, 0.6) is 0 Å². The molecule has 0 heterocycles. The summed E-state index contributed by atoms with van der Waals surface area (Å²) >= 11 is 4.81. The van der Waals surface area contributed by atoms with Crippen LogP contribution in [0.1, 0.15) is 11.1 Å². The second-order valence-electron chi connectivity index (χ2n) is 4.72. The molecule has 2 aromatic rings. The number of aliphatic hydroxyl groups is 1. The molecule has 0 aliphatic carbocycles. The fourth-order valence-electron chi connectivity index (χ4n) is 1.90. The topological polar surface area (TPSA) is 20.2 Å². The van der Waals surface area contributed by atoms with E-state index < -0.39 is 6.10 Å². The highest BCUT2D eigenvalue weighted by molar-refractivity contribution is 9.10. The fourth-order valence-corrected chi connectivity index (χ4v) is 3.18. The lowest BCUT2D eigenvalue weighted by molar-refractivity contribution is 0.198. The Morgan fingerprint density at radius 2 is 2.05 bits per heavy atom. The predicted octanol–water partition coefficient (Wildman–Crippen LogP) is 4.59. The minimum atomic E-state index is -0.559. The van der Waals surface area contributed by atoms with Crippen LogP contribution < -0.4 is 0 Å². The Morgan fingerprint density at radius 1 is 1.25 bits per heavy atom. The molecule has 106 valence electrons. The Kier molecular flexibility index (Phi) is 5.64. The van der Waals surface area contributed by atoms with E-state index in [1.807, 2.05) is 25.1 Å². The summed E-state index contributed by atoms with van der Waals surface area (Å²) in [7, 11) is 0. The molecule has 2 aromatic carbocycles. The van der Waals surface area contributed by atoms with Crippen molar-refractivity contribution in [2.75, 3.05) is 5.75 Å². The number of rotatable bonds is 5.